The molecule has 0 heterocycles. The monoisotopic (exact) mass is 287 g/mol. The highest BCUT2D eigenvalue weighted by atomic mass is 32.2. The average molecular weight is 287 g/mol. The van der Waals surface area contributed by atoms with Gasteiger partial charge in [-0.05, 0) is 19.1 Å². The quantitative estimate of drug-likeness (QED) is 0.771. The molecule has 1 unspecified atom stereocenters. The summed E-state index contributed by atoms with van der Waals surface area (Å²) in [7, 11) is -2.97. The fraction of sp³-hybridized carbons (Fsp3) is 0.273. The zero-order chi connectivity index (χ0) is 14.6. The molecule has 0 saturated carbocycles. The van der Waals surface area contributed by atoms with Crippen LogP contribution < -0.4 is 4.72 Å². The van der Waals surface area contributed by atoms with Crippen LogP contribution in [0.1, 0.15) is 17.3 Å². The summed E-state index contributed by atoms with van der Waals surface area (Å²) in [4.78, 5) is 22.2. The van der Waals surface area contributed by atoms with Gasteiger partial charge in [-0.1, -0.05) is 12.1 Å². The van der Waals surface area contributed by atoms with Crippen LogP contribution >= 0.6 is 0 Å². The summed E-state index contributed by atoms with van der Waals surface area (Å²) in [5.41, 5.74) is -0.0198. The fourth-order valence-electron chi connectivity index (χ4n) is 1.23. The lowest BCUT2D eigenvalue weighted by Gasteiger charge is -2.13. The number of benzene rings is 1. The first-order valence-electron chi connectivity index (χ1n) is 5.21. The second-order valence-corrected chi connectivity index (χ2v) is 5.67. The third kappa shape index (κ3) is 3.44. The van der Waals surface area contributed by atoms with Crippen LogP contribution in [0.5, 0.6) is 0 Å². The van der Waals surface area contributed by atoms with Crippen LogP contribution in [0.3, 0.4) is 0 Å². The first-order valence-corrected chi connectivity index (χ1v) is 6.76. The molecule has 0 aliphatic heterocycles. The molecule has 2 N–H and O–H groups in total. The Labute approximate surface area is 110 Å². The minimum atomic E-state index is -4.13. The Morgan fingerprint density at radius 3 is 2.42 bits per heavy atom. The maximum Gasteiger partial charge on any atom is 0.339 e. The lowest BCUT2D eigenvalue weighted by molar-refractivity contribution is -0.136. The van der Waals surface area contributed by atoms with Crippen molar-refractivity contribution in [2.45, 2.75) is 12.2 Å². The maximum absolute atomic E-state index is 11.8. The Kier molecular flexibility index (Phi) is 4.49. The maximum atomic E-state index is 11.8. The molecule has 7 nitrogen and oxygen atoms in total. The van der Waals surface area contributed by atoms with E-state index in [4.69, 9.17) is 5.11 Å². The fourth-order valence-corrected chi connectivity index (χ4v) is 2.16. The summed E-state index contributed by atoms with van der Waals surface area (Å²) in [6, 6.07) is 5.76. The zero-order valence-corrected chi connectivity index (χ0v) is 11.1. The second kappa shape index (κ2) is 5.70. The van der Waals surface area contributed by atoms with Gasteiger partial charge in [0.15, 0.2) is 5.25 Å². The summed E-state index contributed by atoms with van der Waals surface area (Å²) in [5.74, 6) is -2.20. The molecule has 0 spiro atoms. The Morgan fingerprint density at radius 2 is 1.89 bits per heavy atom. The molecule has 0 aliphatic rings. The van der Waals surface area contributed by atoms with E-state index >= 15 is 0 Å². The number of carboxylic acids is 1. The molecule has 1 aromatic rings. The van der Waals surface area contributed by atoms with Crippen LogP contribution in [0.25, 0.3) is 0 Å². The first-order chi connectivity index (χ1) is 8.79. The van der Waals surface area contributed by atoms with Crippen molar-refractivity contribution in [3.8, 4) is 0 Å². The van der Waals surface area contributed by atoms with Crippen LogP contribution in [-0.4, -0.2) is 37.8 Å². The van der Waals surface area contributed by atoms with Crippen molar-refractivity contribution >= 4 is 27.6 Å². The van der Waals surface area contributed by atoms with Gasteiger partial charge in [-0.3, -0.25) is 9.52 Å². The van der Waals surface area contributed by atoms with Crippen LogP contribution in [0.4, 0.5) is 5.69 Å². The van der Waals surface area contributed by atoms with Crippen molar-refractivity contribution < 1.29 is 27.9 Å². The molecule has 1 atom stereocenters. The van der Waals surface area contributed by atoms with Crippen molar-refractivity contribution in [3.63, 3.8) is 0 Å². The zero-order valence-electron chi connectivity index (χ0n) is 10.3. The first kappa shape index (κ1) is 15.0. The Morgan fingerprint density at radius 1 is 1.32 bits per heavy atom. The normalized spacial score (nSPS) is 12.5. The molecule has 0 amide bonds. The number of carbonyl (C=O) groups is 2. The molecular weight excluding hydrogens is 274 g/mol. The van der Waals surface area contributed by atoms with Gasteiger partial charge in [0.2, 0.25) is 10.0 Å². The van der Waals surface area contributed by atoms with Gasteiger partial charge < -0.3 is 9.84 Å². The van der Waals surface area contributed by atoms with Crippen LogP contribution in [0.15, 0.2) is 24.3 Å². The van der Waals surface area contributed by atoms with Gasteiger partial charge in [0.25, 0.3) is 0 Å². The molecule has 8 heteroatoms. The van der Waals surface area contributed by atoms with Gasteiger partial charge in [0, 0.05) is 0 Å². The predicted molar refractivity (Wildman–Crippen MR) is 67.4 cm³/mol. The Hall–Kier alpha value is -2.09. The van der Waals surface area contributed by atoms with Crippen LogP contribution in [-0.2, 0) is 19.6 Å². The number of carbonyl (C=O) groups excluding carboxylic acids is 1. The summed E-state index contributed by atoms with van der Waals surface area (Å²) < 4.78 is 30.1. The van der Waals surface area contributed by atoms with Crippen molar-refractivity contribution in [1.29, 1.82) is 0 Å². The van der Waals surface area contributed by atoms with E-state index in [0.717, 1.165) is 14.0 Å². The van der Waals surface area contributed by atoms with Gasteiger partial charge in [-0.2, -0.15) is 0 Å². The minimum Gasteiger partial charge on any atom is -0.480 e. The molecule has 0 aliphatic carbocycles. The van der Waals surface area contributed by atoms with E-state index in [1.54, 1.807) is 0 Å². The van der Waals surface area contributed by atoms with Crippen molar-refractivity contribution in [2.24, 2.45) is 0 Å². The van der Waals surface area contributed by atoms with Crippen LogP contribution in [0.2, 0.25) is 0 Å². The largest absolute Gasteiger partial charge is 0.480 e. The summed E-state index contributed by atoms with van der Waals surface area (Å²) in [6.07, 6.45) is 0. The van der Waals surface area contributed by atoms with Crippen molar-refractivity contribution in [2.75, 3.05) is 11.8 Å². The lowest BCUT2D eigenvalue weighted by Crippen LogP contribution is -2.32. The van der Waals surface area contributed by atoms with Gasteiger partial charge in [-0.25, -0.2) is 13.2 Å². The molecular formula is C11H13NO6S. The van der Waals surface area contributed by atoms with E-state index in [9.17, 15) is 18.0 Å². The highest BCUT2D eigenvalue weighted by molar-refractivity contribution is 7.94. The number of hydrogen-bond donors (Lipinski definition) is 2. The number of sulfonamides is 1. The Bertz CT molecular complexity index is 595. The summed E-state index contributed by atoms with van der Waals surface area (Å²) in [6.45, 7) is 1.03. The molecule has 19 heavy (non-hydrogen) atoms. The number of anilines is 1. The second-order valence-electron chi connectivity index (χ2n) is 3.66. The standard InChI is InChI=1S/C11H13NO6S/c1-7(10(13)14)19(16,17)12-9-6-4-3-5-8(9)11(15)18-2/h3-7,12H,1-2H3,(H,13,14). The number of para-hydroxylation sites is 1. The van der Waals surface area contributed by atoms with Gasteiger partial charge in [0.05, 0.1) is 18.4 Å². The van der Waals surface area contributed by atoms with Gasteiger partial charge in [0.1, 0.15) is 0 Å². The molecule has 1 aromatic carbocycles. The SMILES string of the molecule is COC(=O)c1ccccc1NS(=O)(=O)C(C)C(=O)O. The van der Waals surface area contributed by atoms with E-state index in [-0.39, 0.29) is 11.3 Å². The predicted octanol–water partition coefficient (Wildman–Crippen LogP) is 0.688. The third-order valence-corrected chi connectivity index (χ3v) is 4.03. The Balaban J connectivity index is 3.13. The summed E-state index contributed by atoms with van der Waals surface area (Å²) >= 11 is 0. The van der Waals surface area contributed by atoms with E-state index < -0.39 is 27.2 Å². The molecule has 0 aromatic heterocycles. The number of esters is 1. The molecule has 1 rings (SSSR count). The van der Waals surface area contributed by atoms with Crippen molar-refractivity contribution in [3.05, 3.63) is 29.8 Å². The molecule has 0 bridgehead atoms. The topological polar surface area (TPSA) is 110 Å². The minimum absolute atomic E-state index is 0.00571. The number of nitrogens with one attached hydrogen (secondary N) is 1. The molecule has 0 radical (unpaired) electrons. The third-order valence-electron chi connectivity index (χ3n) is 2.40. The molecule has 0 saturated heterocycles. The van der Waals surface area contributed by atoms with E-state index in [1.807, 2.05) is 0 Å². The highest BCUT2D eigenvalue weighted by Crippen LogP contribution is 2.19. The van der Waals surface area contributed by atoms with Gasteiger partial charge in [-0.15, -0.1) is 0 Å². The smallest absolute Gasteiger partial charge is 0.339 e. The number of aliphatic carboxylic acids is 1. The lowest BCUT2D eigenvalue weighted by atomic mass is 10.2. The van der Waals surface area contributed by atoms with Crippen molar-refractivity contribution in [1.82, 2.24) is 0 Å². The van der Waals surface area contributed by atoms with E-state index in [2.05, 4.69) is 9.46 Å². The van der Waals surface area contributed by atoms with E-state index in [0.29, 0.717) is 0 Å². The molecule has 104 valence electrons. The number of ether oxygens (including phenoxy) is 1. The number of carboxylic acid groups (broad SMARTS) is 1. The average Bonchev–Trinajstić information content (AvgIpc) is 2.37. The number of hydrogen-bond acceptors (Lipinski definition) is 5. The van der Waals surface area contributed by atoms with Crippen LogP contribution in [0, 0.1) is 0 Å². The number of rotatable bonds is 5. The number of methoxy groups -OCH3 is 1. The molecule has 0 fully saturated rings. The van der Waals surface area contributed by atoms with E-state index in [1.165, 1.54) is 24.3 Å². The summed E-state index contributed by atoms with van der Waals surface area (Å²) in [5, 5.41) is 7.07. The highest BCUT2D eigenvalue weighted by Gasteiger charge is 2.28. The van der Waals surface area contributed by atoms with Gasteiger partial charge >= 0.3 is 11.9 Å².